The molecule has 0 unspecified atom stereocenters. The summed E-state index contributed by atoms with van der Waals surface area (Å²) < 4.78 is 5.05. The molecule has 3 aromatic rings. The molecule has 1 fully saturated rings. The van der Waals surface area contributed by atoms with Crippen molar-refractivity contribution in [3.05, 3.63) is 88.4 Å². The van der Waals surface area contributed by atoms with Crippen LogP contribution in [0.4, 0.5) is 21.9 Å². The van der Waals surface area contributed by atoms with Gasteiger partial charge in [-0.1, -0.05) is 41.9 Å². The summed E-state index contributed by atoms with van der Waals surface area (Å²) in [5.74, 6) is -0.207. The van der Waals surface area contributed by atoms with Crippen molar-refractivity contribution in [3.63, 3.8) is 0 Å². The van der Waals surface area contributed by atoms with Gasteiger partial charge in [0.25, 0.3) is 5.91 Å². The van der Waals surface area contributed by atoms with Gasteiger partial charge in [0.05, 0.1) is 23.5 Å². The second kappa shape index (κ2) is 9.44. The lowest BCUT2D eigenvalue weighted by molar-refractivity contribution is -0.110. The Bertz CT molecular complexity index is 1320. The lowest BCUT2D eigenvalue weighted by Gasteiger charge is -2.17. The summed E-state index contributed by atoms with van der Waals surface area (Å²) in [6, 6.07) is 21.0. The van der Waals surface area contributed by atoms with Gasteiger partial charge in [-0.25, -0.2) is 4.79 Å². The molecule has 8 heteroatoms. The van der Waals surface area contributed by atoms with E-state index in [-0.39, 0.29) is 12.0 Å². The van der Waals surface area contributed by atoms with Gasteiger partial charge in [-0.05, 0) is 61.6 Å². The van der Waals surface area contributed by atoms with Crippen molar-refractivity contribution in [1.29, 1.82) is 0 Å². The molecule has 0 spiro atoms. The first-order valence-corrected chi connectivity index (χ1v) is 11.7. The van der Waals surface area contributed by atoms with Crippen LogP contribution in [0.5, 0.6) is 0 Å². The van der Waals surface area contributed by atoms with E-state index in [1.54, 1.807) is 17.0 Å². The quantitative estimate of drug-likeness (QED) is 0.461. The van der Waals surface area contributed by atoms with Crippen molar-refractivity contribution in [3.8, 4) is 0 Å². The van der Waals surface area contributed by atoms with Crippen molar-refractivity contribution in [2.75, 3.05) is 42.8 Å². The molecule has 35 heavy (non-hydrogen) atoms. The number of nitrogens with zero attached hydrogens (tertiary/aromatic N) is 2. The molecule has 2 N–H and O–H groups in total. The molecule has 0 radical (unpaired) electrons. The molecular formula is C27H25ClN4O3. The molecule has 5 rings (SSSR count). The number of amides is 2. The predicted octanol–water partition coefficient (Wildman–Crippen LogP) is 5.29. The van der Waals surface area contributed by atoms with Crippen LogP contribution in [0.3, 0.4) is 0 Å². The highest BCUT2D eigenvalue weighted by Crippen LogP contribution is 2.39. The van der Waals surface area contributed by atoms with Crippen molar-refractivity contribution in [2.24, 2.45) is 0 Å². The number of hydrogen-bond donors (Lipinski definition) is 2. The van der Waals surface area contributed by atoms with Crippen molar-refractivity contribution >= 4 is 51.9 Å². The van der Waals surface area contributed by atoms with Crippen LogP contribution < -0.4 is 15.5 Å². The fraction of sp³-hybridized carbons (Fsp3) is 0.185. The van der Waals surface area contributed by atoms with Gasteiger partial charge >= 0.3 is 6.09 Å². The van der Waals surface area contributed by atoms with Crippen molar-refractivity contribution in [2.45, 2.75) is 6.54 Å². The van der Waals surface area contributed by atoms with E-state index in [2.05, 4.69) is 27.7 Å². The minimum atomic E-state index is -0.353. The molecule has 2 aliphatic heterocycles. The van der Waals surface area contributed by atoms with Crippen LogP contribution in [0.15, 0.2) is 66.7 Å². The standard InChI is InChI=1S/C27H25ClN4O3/c1-31(2)16-17-3-8-20(9-4-17)29-25(24-22-12-7-19(28)15-23(22)30-26(24)33)18-5-10-21(11-6-18)32-13-14-35-27(32)34/h3-12,15,29H,13-14,16H2,1-2H3,(H,30,33)/b25-24-. The van der Waals surface area contributed by atoms with E-state index in [1.807, 2.05) is 56.6 Å². The van der Waals surface area contributed by atoms with Crippen LogP contribution in [-0.2, 0) is 16.1 Å². The van der Waals surface area contributed by atoms with Crippen LogP contribution in [-0.4, -0.2) is 44.1 Å². The number of rotatable bonds is 6. The van der Waals surface area contributed by atoms with E-state index in [4.69, 9.17) is 16.3 Å². The van der Waals surface area contributed by atoms with Gasteiger partial charge in [-0.3, -0.25) is 9.69 Å². The molecule has 0 saturated carbocycles. The van der Waals surface area contributed by atoms with E-state index in [9.17, 15) is 9.59 Å². The van der Waals surface area contributed by atoms with Gasteiger partial charge in [0.2, 0.25) is 0 Å². The molecule has 0 atom stereocenters. The molecule has 2 heterocycles. The number of ether oxygens (including phenoxy) is 1. The van der Waals surface area contributed by atoms with Crippen molar-refractivity contribution in [1.82, 2.24) is 4.90 Å². The third-order valence-electron chi connectivity index (χ3n) is 5.93. The topological polar surface area (TPSA) is 73.9 Å². The largest absolute Gasteiger partial charge is 0.447 e. The molecule has 178 valence electrons. The number of anilines is 3. The summed E-state index contributed by atoms with van der Waals surface area (Å²) in [5.41, 5.74) is 6.26. The van der Waals surface area contributed by atoms with E-state index >= 15 is 0 Å². The zero-order chi connectivity index (χ0) is 24.5. The maximum Gasteiger partial charge on any atom is 0.414 e. The molecular weight excluding hydrogens is 464 g/mol. The zero-order valence-electron chi connectivity index (χ0n) is 19.5. The third kappa shape index (κ3) is 4.73. The van der Waals surface area contributed by atoms with Crippen LogP contribution >= 0.6 is 11.6 Å². The Morgan fingerprint density at radius 2 is 1.80 bits per heavy atom. The number of benzene rings is 3. The minimum absolute atomic E-state index is 0.207. The Labute approximate surface area is 208 Å². The summed E-state index contributed by atoms with van der Waals surface area (Å²) in [5, 5.41) is 6.94. The molecule has 2 amide bonds. The summed E-state index contributed by atoms with van der Waals surface area (Å²) in [6.07, 6.45) is -0.353. The maximum atomic E-state index is 13.1. The maximum absolute atomic E-state index is 13.1. The predicted molar refractivity (Wildman–Crippen MR) is 139 cm³/mol. The van der Waals surface area contributed by atoms with E-state index in [0.717, 1.165) is 29.0 Å². The summed E-state index contributed by atoms with van der Waals surface area (Å²) in [7, 11) is 4.06. The molecule has 3 aromatic carbocycles. The number of fused-ring (bicyclic) bond motifs is 1. The average molecular weight is 489 g/mol. The van der Waals surface area contributed by atoms with Gasteiger partial charge in [-0.2, -0.15) is 0 Å². The Kier molecular flexibility index (Phi) is 6.19. The number of nitrogens with one attached hydrogen (secondary N) is 2. The summed E-state index contributed by atoms with van der Waals surface area (Å²) >= 11 is 6.16. The fourth-order valence-corrected chi connectivity index (χ4v) is 4.48. The number of cyclic esters (lactones) is 1. The highest BCUT2D eigenvalue weighted by atomic mass is 35.5. The molecule has 0 aromatic heterocycles. The molecule has 0 aliphatic carbocycles. The number of carbonyl (C=O) groups excluding carboxylic acids is 2. The highest BCUT2D eigenvalue weighted by Gasteiger charge is 2.29. The van der Waals surface area contributed by atoms with E-state index < -0.39 is 0 Å². The van der Waals surface area contributed by atoms with Crippen LogP contribution in [0, 0.1) is 0 Å². The second-order valence-electron chi connectivity index (χ2n) is 8.77. The van der Waals surface area contributed by atoms with Gasteiger partial charge < -0.3 is 20.3 Å². The Morgan fingerprint density at radius 3 is 2.46 bits per heavy atom. The van der Waals surface area contributed by atoms with Crippen molar-refractivity contribution < 1.29 is 14.3 Å². The van der Waals surface area contributed by atoms with Crippen LogP contribution in [0.25, 0.3) is 11.3 Å². The van der Waals surface area contributed by atoms with Gasteiger partial charge in [-0.15, -0.1) is 0 Å². The van der Waals surface area contributed by atoms with Crippen LogP contribution in [0.1, 0.15) is 16.7 Å². The number of hydrogen-bond acceptors (Lipinski definition) is 5. The van der Waals surface area contributed by atoms with Gasteiger partial charge in [0.15, 0.2) is 0 Å². The SMILES string of the molecule is CN(C)Cc1ccc(N/C(=C2\C(=O)Nc3cc(Cl)ccc32)c2ccc(N3CCOC3=O)cc2)cc1. The first-order chi connectivity index (χ1) is 16.9. The normalized spacial score (nSPS) is 16.3. The molecule has 1 saturated heterocycles. The summed E-state index contributed by atoms with van der Waals surface area (Å²) in [4.78, 5) is 28.8. The summed E-state index contributed by atoms with van der Waals surface area (Å²) in [6.45, 7) is 1.73. The van der Waals surface area contributed by atoms with E-state index in [0.29, 0.717) is 35.1 Å². The Hall–Kier alpha value is -3.81. The molecule has 0 bridgehead atoms. The highest BCUT2D eigenvalue weighted by molar-refractivity contribution is 6.38. The smallest absolute Gasteiger partial charge is 0.414 e. The minimum Gasteiger partial charge on any atom is -0.447 e. The van der Waals surface area contributed by atoms with Gasteiger partial charge in [0, 0.05) is 28.5 Å². The number of halogens is 1. The second-order valence-corrected chi connectivity index (χ2v) is 9.20. The average Bonchev–Trinajstić information content (AvgIpc) is 3.40. The van der Waals surface area contributed by atoms with Crippen LogP contribution in [0.2, 0.25) is 5.02 Å². The molecule has 2 aliphatic rings. The molecule has 7 nitrogen and oxygen atoms in total. The first kappa shape index (κ1) is 23.0. The fourth-order valence-electron chi connectivity index (χ4n) is 4.31. The lowest BCUT2D eigenvalue weighted by Crippen LogP contribution is -2.23. The number of carbonyl (C=O) groups is 2. The first-order valence-electron chi connectivity index (χ1n) is 11.3. The lowest BCUT2D eigenvalue weighted by atomic mass is 9.99. The third-order valence-corrected chi connectivity index (χ3v) is 6.16. The monoisotopic (exact) mass is 488 g/mol. The van der Waals surface area contributed by atoms with Gasteiger partial charge in [0.1, 0.15) is 6.61 Å². The Balaban J connectivity index is 1.56. The Morgan fingerprint density at radius 1 is 1.06 bits per heavy atom. The zero-order valence-corrected chi connectivity index (χ0v) is 20.2. The van der Waals surface area contributed by atoms with E-state index in [1.165, 1.54) is 5.56 Å².